The first kappa shape index (κ1) is 10.7. The van der Waals surface area contributed by atoms with Crippen molar-refractivity contribution in [2.75, 3.05) is 13.7 Å². The smallest absolute Gasteiger partial charge is 0.0465 e. The van der Waals surface area contributed by atoms with Gasteiger partial charge in [-0.05, 0) is 36.8 Å². The highest BCUT2D eigenvalue weighted by Crippen LogP contribution is 2.42. The van der Waals surface area contributed by atoms with Crippen LogP contribution in [0, 0.1) is 0 Å². The molecule has 2 rings (SSSR count). The molecular formula is C13H19NO. The van der Waals surface area contributed by atoms with Gasteiger partial charge in [-0.15, -0.1) is 0 Å². The number of aryl methyl sites for hydroxylation is 1. The lowest BCUT2D eigenvalue weighted by molar-refractivity contribution is 0.195. The van der Waals surface area contributed by atoms with Crippen molar-refractivity contribution in [3.8, 4) is 0 Å². The van der Waals surface area contributed by atoms with E-state index < -0.39 is 0 Å². The van der Waals surface area contributed by atoms with Gasteiger partial charge in [0.25, 0.3) is 0 Å². The Morgan fingerprint density at radius 3 is 2.47 bits per heavy atom. The molecule has 0 atom stereocenters. The Labute approximate surface area is 91.4 Å². The van der Waals surface area contributed by atoms with Gasteiger partial charge in [-0.1, -0.05) is 24.3 Å². The minimum absolute atomic E-state index is 0.00502. The summed E-state index contributed by atoms with van der Waals surface area (Å²) in [5, 5.41) is 0. The fraction of sp³-hybridized carbons (Fsp3) is 0.538. The molecule has 2 N–H and O–H groups in total. The van der Waals surface area contributed by atoms with Crippen molar-refractivity contribution in [1.29, 1.82) is 0 Å². The SMILES string of the molecule is COCCCc1ccc(C2(N)CC2)cc1. The molecule has 1 fully saturated rings. The van der Waals surface area contributed by atoms with Crippen LogP contribution in [0.25, 0.3) is 0 Å². The number of hydrogen-bond acceptors (Lipinski definition) is 2. The zero-order chi connectivity index (χ0) is 10.7. The summed E-state index contributed by atoms with van der Waals surface area (Å²) in [7, 11) is 1.74. The number of rotatable bonds is 5. The van der Waals surface area contributed by atoms with E-state index in [1.54, 1.807) is 7.11 Å². The predicted octanol–water partition coefficient (Wildman–Crippen LogP) is 2.21. The standard InChI is InChI=1S/C13H19NO/c1-15-10-2-3-11-4-6-12(7-5-11)13(14)8-9-13/h4-7H,2-3,8-10,14H2,1H3. The van der Waals surface area contributed by atoms with E-state index in [1.165, 1.54) is 11.1 Å². The highest BCUT2D eigenvalue weighted by molar-refractivity contribution is 5.32. The lowest BCUT2D eigenvalue weighted by atomic mass is 10.0. The van der Waals surface area contributed by atoms with E-state index in [2.05, 4.69) is 24.3 Å². The summed E-state index contributed by atoms with van der Waals surface area (Å²) in [5.41, 5.74) is 8.79. The quantitative estimate of drug-likeness (QED) is 0.748. The normalized spacial score (nSPS) is 17.7. The van der Waals surface area contributed by atoms with Gasteiger partial charge < -0.3 is 10.5 Å². The van der Waals surface area contributed by atoms with Crippen LogP contribution in [0.1, 0.15) is 30.4 Å². The second-order valence-electron chi connectivity index (χ2n) is 4.45. The zero-order valence-corrected chi connectivity index (χ0v) is 9.33. The molecule has 82 valence electrons. The van der Waals surface area contributed by atoms with Crippen molar-refractivity contribution < 1.29 is 4.74 Å². The number of nitrogens with two attached hydrogens (primary N) is 1. The van der Waals surface area contributed by atoms with Gasteiger partial charge in [-0.25, -0.2) is 0 Å². The van der Waals surface area contributed by atoms with Crippen LogP contribution in [0.15, 0.2) is 24.3 Å². The second kappa shape index (κ2) is 4.33. The second-order valence-corrected chi connectivity index (χ2v) is 4.45. The lowest BCUT2D eigenvalue weighted by Gasteiger charge is -2.09. The van der Waals surface area contributed by atoms with Gasteiger partial charge in [-0.2, -0.15) is 0 Å². The number of ether oxygens (including phenoxy) is 1. The van der Waals surface area contributed by atoms with Gasteiger partial charge >= 0.3 is 0 Å². The van der Waals surface area contributed by atoms with Gasteiger partial charge in [0.05, 0.1) is 0 Å². The minimum Gasteiger partial charge on any atom is -0.385 e. The fourth-order valence-electron chi connectivity index (χ4n) is 1.85. The molecule has 1 aromatic rings. The maximum Gasteiger partial charge on any atom is 0.0465 e. The van der Waals surface area contributed by atoms with Crippen molar-refractivity contribution in [3.05, 3.63) is 35.4 Å². The van der Waals surface area contributed by atoms with Crippen LogP contribution in [0.5, 0.6) is 0 Å². The number of benzene rings is 1. The van der Waals surface area contributed by atoms with Crippen LogP contribution in [-0.4, -0.2) is 13.7 Å². The van der Waals surface area contributed by atoms with Crippen molar-refractivity contribution in [3.63, 3.8) is 0 Å². The summed E-state index contributed by atoms with van der Waals surface area (Å²) >= 11 is 0. The molecule has 2 heteroatoms. The van der Waals surface area contributed by atoms with Crippen LogP contribution in [0.4, 0.5) is 0 Å². The molecule has 0 saturated heterocycles. The zero-order valence-electron chi connectivity index (χ0n) is 9.33. The van der Waals surface area contributed by atoms with Crippen LogP contribution >= 0.6 is 0 Å². The van der Waals surface area contributed by atoms with Crippen molar-refractivity contribution in [2.45, 2.75) is 31.2 Å². The first-order valence-electron chi connectivity index (χ1n) is 5.62. The summed E-state index contributed by atoms with van der Waals surface area (Å²) < 4.78 is 5.03. The third-order valence-electron chi connectivity index (χ3n) is 3.13. The lowest BCUT2D eigenvalue weighted by Crippen LogP contribution is -2.18. The molecule has 0 aromatic heterocycles. The first-order chi connectivity index (χ1) is 7.24. The monoisotopic (exact) mass is 205 g/mol. The molecule has 0 radical (unpaired) electrons. The van der Waals surface area contributed by atoms with E-state index in [0.29, 0.717) is 0 Å². The Hall–Kier alpha value is -0.860. The summed E-state index contributed by atoms with van der Waals surface area (Å²) in [6, 6.07) is 8.74. The van der Waals surface area contributed by atoms with Gasteiger partial charge in [0.15, 0.2) is 0 Å². The van der Waals surface area contributed by atoms with Gasteiger partial charge in [0.2, 0.25) is 0 Å². The van der Waals surface area contributed by atoms with E-state index in [-0.39, 0.29) is 5.54 Å². The van der Waals surface area contributed by atoms with E-state index in [4.69, 9.17) is 10.5 Å². The molecule has 1 saturated carbocycles. The average Bonchev–Trinajstić information content (AvgIpc) is 2.99. The Balaban J connectivity index is 1.92. The van der Waals surface area contributed by atoms with Crippen LogP contribution < -0.4 is 5.73 Å². The largest absolute Gasteiger partial charge is 0.385 e. The summed E-state index contributed by atoms with van der Waals surface area (Å²) in [5.74, 6) is 0. The van der Waals surface area contributed by atoms with E-state index >= 15 is 0 Å². The highest BCUT2D eigenvalue weighted by atomic mass is 16.5. The first-order valence-corrected chi connectivity index (χ1v) is 5.62. The van der Waals surface area contributed by atoms with Gasteiger partial charge in [0, 0.05) is 19.3 Å². The van der Waals surface area contributed by atoms with Gasteiger partial charge in [-0.3, -0.25) is 0 Å². The van der Waals surface area contributed by atoms with Crippen LogP contribution in [0.3, 0.4) is 0 Å². The third kappa shape index (κ3) is 2.58. The molecule has 0 unspecified atom stereocenters. The Morgan fingerprint density at radius 2 is 1.93 bits per heavy atom. The molecule has 1 aliphatic rings. The molecule has 2 nitrogen and oxygen atoms in total. The molecule has 0 spiro atoms. The summed E-state index contributed by atoms with van der Waals surface area (Å²) in [4.78, 5) is 0. The van der Waals surface area contributed by atoms with Crippen LogP contribution in [-0.2, 0) is 16.7 Å². The molecule has 0 heterocycles. The maximum atomic E-state index is 6.12. The third-order valence-corrected chi connectivity index (χ3v) is 3.13. The Bertz CT molecular complexity index is 314. The molecule has 0 amide bonds. The molecule has 1 aliphatic carbocycles. The topological polar surface area (TPSA) is 35.2 Å². The highest BCUT2D eigenvalue weighted by Gasteiger charge is 2.39. The molecule has 0 aliphatic heterocycles. The molecular weight excluding hydrogens is 186 g/mol. The summed E-state index contributed by atoms with van der Waals surface area (Å²) in [6.45, 7) is 0.836. The average molecular weight is 205 g/mol. The Morgan fingerprint density at radius 1 is 1.27 bits per heavy atom. The van der Waals surface area contributed by atoms with Crippen molar-refractivity contribution >= 4 is 0 Å². The fourth-order valence-corrected chi connectivity index (χ4v) is 1.85. The molecule has 0 bridgehead atoms. The van der Waals surface area contributed by atoms with E-state index in [9.17, 15) is 0 Å². The van der Waals surface area contributed by atoms with Crippen LogP contribution in [0.2, 0.25) is 0 Å². The van der Waals surface area contributed by atoms with Crippen molar-refractivity contribution in [2.24, 2.45) is 5.73 Å². The van der Waals surface area contributed by atoms with Gasteiger partial charge in [0.1, 0.15) is 0 Å². The number of hydrogen-bond donors (Lipinski definition) is 1. The number of methoxy groups -OCH3 is 1. The van der Waals surface area contributed by atoms with Crippen molar-refractivity contribution in [1.82, 2.24) is 0 Å². The maximum absolute atomic E-state index is 6.12. The summed E-state index contributed by atoms with van der Waals surface area (Å²) in [6.07, 6.45) is 4.45. The Kier molecular flexibility index (Phi) is 3.08. The van der Waals surface area contributed by atoms with E-state index in [0.717, 1.165) is 32.3 Å². The van der Waals surface area contributed by atoms with E-state index in [1.807, 2.05) is 0 Å². The molecule has 1 aromatic carbocycles. The molecule has 15 heavy (non-hydrogen) atoms. The predicted molar refractivity (Wildman–Crippen MR) is 61.7 cm³/mol. The minimum atomic E-state index is 0.00502.